The summed E-state index contributed by atoms with van der Waals surface area (Å²) in [4.78, 5) is 27.8. The quantitative estimate of drug-likeness (QED) is 0.693. The van der Waals surface area contributed by atoms with Crippen molar-refractivity contribution in [3.05, 3.63) is 78.1 Å². The molecule has 0 aliphatic carbocycles. The highest BCUT2D eigenvalue weighted by Gasteiger charge is 2.28. The molecule has 1 fully saturated rings. The molecule has 1 aliphatic rings. The molecule has 1 N–H and O–H groups in total. The van der Waals surface area contributed by atoms with Crippen LogP contribution in [0.25, 0.3) is 0 Å². The first-order chi connectivity index (χ1) is 14.9. The van der Waals surface area contributed by atoms with Gasteiger partial charge in [0.2, 0.25) is 5.91 Å². The molecule has 2 amide bonds. The Balaban J connectivity index is 1.75. The van der Waals surface area contributed by atoms with Crippen LogP contribution in [0.15, 0.2) is 61.2 Å². The van der Waals surface area contributed by atoms with Crippen LogP contribution in [-0.4, -0.2) is 60.9 Å². The summed E-state index contributed by atoms with van der Waals surface area (Å²) >= 11 is 0. The molecule has 7 heteroatoms. The molecule has 2 aromatic rings. The number of hydrogen-bond acceptors (Lipinski definition) is 4. The first-order valence-electron chi connectivity index (χ1n) is 10.3. The van der Waals surface area contributed by atoms with Gasteiger partial charge in [-0.1, -0.05) is 18.7 Å². The molecule has 164 valence electrons. The van der Waals surface area contributed by atoms with E-state index in [-0.39, 0.29) is 29.8 Å². The van der Waals surface area contributed by atoms with E-state index in [0.717, 1.165) is 5.56 Å². The summed E-state index contributed by atoms with van der Waals surface area (Å²) in [5.41, 5.74) is 1.40. The zero-order valence-corrected chi connectivity index (χ0v) is 17.9. The second kappa shape index (κ2) is 10.2. The number of nitrogens with one attached hydrogen (secondary N) is 1. The number of halogens is 1. The van der Waals surface area contributed by atoms with Crippen molar-refractivity contribution in [1.29, 1.82) is 0 Å². The molecule has 2 atom stereocenters. The van der Waals surface area contributed by atoms with E-state index >= 15 is 0 Å². The lowest BCUT2D eigenvalue weighted by atomic mass is 10.1. The van der Waals surface area contributed by atoms with Crippen LogP contribution < -0.4 is 10.1 Å². The smallest absolute Gasteiger partial charge is 0.251 e. The van der Waals surface area contributed by atoms with Crippen LogP contribution in [-0.2, 0) is 4.79 Å². The van der Waals surface area contributed by atoms with Gasteiger partial charge in [0.1, 0.15) is 17.7 Å². The normalized spacial score (nSPS) is 17.6. The van der Waals surface area contributed by atoms with E-state index < -0.39 is 0 Å². The average Bonchev–Trinajstić information content (AvgIpc) is 2.78. The molecule has 6 nitrogen and oxygen atoms in total. The van der Waals surface area contributed by atoms with Gasteiger partial charge in [0.15, 0.2) is 0 Å². The molecule has 0 saturated carbocycles. The SMILES string of the molecule is C=CC(=O)N1CCN(CC(Oc2ccc(C(=O)NC)cc2)c2ccc(F)cc2)C[C@H]1C. The zero-order chi connectivity index (χ0) is 22.4. The second-order valence-electron chi connectivity index (χ2n) is 7.61. The lowest BCUT2D eigenvalue weighted by Gasteiger charge is -2.40. The van der Waals surface area contributed by atoms with Gasteiger partial charge in [0.25, 0.3) is 5.91 Å². The van der Waals surface area contributed by atoms with Crippen molar-refractivity contribution in [2.75, 3.05) is 33.2 Å². The summed E-state index contributed by atoms with van der Waals surface area (Å²) < 4.78 is 19.7. The summed E-state index contributed by atoms with van der Waals surface area (Å²) in [6.45, 7) is 8.20. The van der Waals surface area contributed by atoms with Crippen LogP contribution in [0.2, 0.25) is 0 Å². The highest BCUT2D eigenvalue weighted by molar-refractivity contribution is 5.94. The molecule has 1 aliphatic heterocycles. The Kier molecular flexibility index (Phi) is 7.41. The highest BCUT2D eigenvalue weighted by Crippen LogP contribution is 2.25. The maximum Gasteiger partial charge on any atom is 0.251 e. The van der Waals surface area contributed by atoms with Gasteiger partial charge >= 0.3 is 0 Å². The van der Waals surface area contributed by atoms with E-state index in [1.54, 1.807) is 43.4 Å². The molecule has 2 aromatic carbocycles. The number of carbonyl (C=O) groups is 2. The van der Waals surface area contributed by atoms with Crippen LogP contribution in [0.4, 0.5) is 4.39 Å². The molecule has 31 heavy (non-hydrogen) atoms. The fourth-order valence-corrected chi connectivity index (χ4v) is 3.76. The Morgan fingerprint density at radius 3 is 2.45 bits per heavy atom. The lowest BCUT2D eigenvalue weighted by Crippen LogP contribution is -2.54. The van der Waals surface area contributed by atoms with Crippen molar-refractivity contribution >= 4 is 11.8 Å². The molecular weight excluding hydrogens is 397 g/mol. The number of carbonyl (C=O) groups excluding carboxylic acids is 2. The van der Waals surface area contributed by atoms with Gasteiger partial charge in [-0.25, -0.2) is 4.39 Å². The Hall–Kier alpha value is -3.19. The molecule has 1 unspecified atom stereocenters. The van der Waals surface area contributed by atoms with Gasteiger partial charge in [0.05, 0.1) is 0 Å². The van der Waals surface area contributed by atoms with Crippen LogP contribution in [0.5, 0.6) is 5.75 Å². The van der Waals surface area contributed by atoms with E-state index in [2.05, 4.69) is 16.8 Å². The van der Waals surface area contributed by atoms with Crippen molar-refractivity contribution in [1.82, 2.24) is 15.1 Å². The van der Waals surface area contributed by atoms with Crippen molar-refractivity contribution < 1.29 is 18.7 Å². The van der Waals surface area contributed by atoms with Crippen LogP contribution in [0, 0.1) is 5.82 Å². The molecular formula is C24H28FN3O3. The van der Waals surface area contributed by atoms with Gasteiger partial charge in [-0.05, 0) is 55.0 Å². The number of rotatable bonds is 7. The third-order valence-electron chi connectivity index (χ3n) is 5.46. The summed E-state index contributed by atoms with van der Waals surface area (Å²) in [6.07, 6.45) is 1.01. The van der Waals surface area contributed by atoms with Gasteiger partial charge in [-0.2, -0.15) is 0 Å². The van der Waals surface area contributed by atoms with Gasteiger partial charge in [-0.15, -0.1) is 0 Å². The number of nitrogens with zero attached hydrogens (tertiary/aromatic N) is 2. The topological polar surface area (TPSA) is 61.9 Å². The predicted molar refractivity (Wildman–Crippen MR) is 117 cm³/mol. The number of piperazine rings is 1. The predicted octanol–water partition coefficient (Wildman–Crippen LogP) is 3.02. The third-order valence-corrected chi connectivity index (χ3v) is 5.46. The number of ether oxygens (including phenoxy) is 1. The van der Waals surface area contributed by atoms with Crippen molar-refractivity contribution in [2.24, 2.45) is 0 Å². The maximum absolute atomic E-state index is 13.5. The highest BCUT2D eigenvalue weighted by atomic mass is 19.1. The Morgan fingerprint density at radius 2 is 1.87 bits per heavy atom. The Morgan fingerprint density at radius 1 is 1.19 bits per heavy atom. The van der Waals surface area contributed by atoms with Crippen molar-refractivity contribution in [3.63, 3.8) is 0 Å². The second-order valence-corrected chi connectivity index (χ2v) is 7.61. The number of benzene rings is 2. The van der Waals surface area contributed by atoms with E-state index in [9.17, 15) is 14.0 Å². The fourth-order valence-electron chi connectivity index (χ4n) is 3.76. The van der Waals surface area contributed by atoms with Crippen LogP contribution in [0.3, 0.4) is 0 Å². The Labute approximate surface area is 182 Å². The first-order valence-corrected chi connectivity index (χ1v) is 10.3. The Bertz CT molecular complexity index is 915. The molecule has 1 heterocycles. The molecule has 1 saturated heterocycles. The molecule has 3 rings (SSSR count). The molecule has 0 aromatic heterocycles. The van der Waals surface area contributed by atoms with E-state index in [4.69, 9.17) is 4.74 Å². The van der Waals surface area contributed by atoms with Gasteiger partial charge in [-0.3, -0.25) is 14.5 Å². The average molecular weight is 426 g/mol. The molecule has 0 bridgehead atoms. The van der Waals surface area contributed by atoms with E-state index in [0.29, 0.717) is 37.5 Å². The minimum absolute atomic E-state index is 0.0555. The first kappa shape index (κ1) is 22.5. The summed E-state index contributed by atoms with van der Waals surface area (Å²) in [5.74, 6) is 0.0929. The largest absolute Gasteiger partial charge is 0.484 e. The minimum Gasteiger partial charge on any atom is -0.484 e. The number of hydrogen-bond donors (Lipinski definition) is 1. The monoisotopic (exact) mass is 425 g/mol. The van der Waals surface area contributed by atoms with Gasteiger partial charge < -0.3 is 15.0 Å². The van der Waals surface area contributed by atoms with Crippen LogP contribution in [0.1, 0.15) is 28.9 Å². The summed E-state index contributed by atoms with van der Waals surface area (Å²) in [5, 5.41) is 2.59. The summed E-state index contributed by atoms with van der Waals surface area (Å²) in [7, 11) is 1.58. The van der Waals surface area contributed by atoms with E-state index in [1.165, 1.54) is 18.2 Å². The maximum atomic E-state index is 13.5. The summed E-state index contributed by atoms with van der Waals surface area (Å²) in [6, 6.07) is 13.3. The fraction of sp³-hybridized carbons (Fsp3) is 0.333. The molecule has 0 spiro atoms. The number of amides is 2. The van der Waals surface area contributed by atoms with Crippen molar-refractivity contribution in [2.45, 2.75) is 19.1 Å². The molecule has 0 radical (unpaired) electrons. The van der Waals surface area contributed by atoms with E-state index in [1.807, 2.05) is 11.8 Å². The van der Waals surface area contributed by atoms with Gasteiger partial charge in [0, 0.05) is 44.8 Å². The standard InChI is InChI=1S/C24H28FN3O3/c1-4-23(29)28-14-13-27(15-17(28)2)16-22(18-5-9-20(25)10-6-18)31-21-11-7-19(8-12-21)24(30)26-3/h4-12,17,22H,1,13-16H2,2-3H3,(H,26,30)/t17-,22?/m1/s1. The lowest BCUT2D eigenvalue weighted by molar-refractivity contribution is -0.130. The van der Waals surface area contributed by atoms with Crippen LogP contribution >= 0.6 is 0 Å². The minimum atomic E-state index is -0.333. The van der Waals surface area contributed by atoms with Crippen molar-refractivity contribution in [3.8, 4) is 5.75 Å². The third kappa shape index (κ3) is 5.70. The zero-order valence-electron chi connectivity index (χ0n) is 17.9.